The number of aryl methyl sites for hydroxylation is 2. The van der Waals surface area contributed by atoms with Crippen molar-refractivity contribution in [3.63, 3.8) is 0 Å². The number of benzene rings is 3. The molecule has 0 spiro atoms. The van der Waals surface area contributed by atoms with Gasteiger partial charge in [0.2, 0.25) is 9.03 Å². The lowest BCUT2D eigenvalue weighted by Crippen LogP contribution is -1.92. The highest BCUT2D eigenvalue weighted by Gasteiger charge is 2.14. The van der Waals surface area contributed by atoms with Crippen LogP contribution in [0, 0.1) is 0 Å². The highest BCUT2D eigenvalue weighted by Crippen LogP contribution is 2.41. The number of hydrogen-bond donors (Lipinski definition) is 1. The summed E-state index contributed by atoms with van der Waals surface area (Å²) in [5, 5.41) is 0. The standard InChI is InChI=1S/C28H35O2P/c1-3-5-7-10-22-14-18-24(19-15-22)26-12-9-13-27(30-31-29)28(26)25-20-16-23(17-21-25)11-8-6-4-2/h9,12-21,29,31H,3-8,10-11H2,1-2H3. The minimum absolute atomic E-state index is 0.575. The molecule has 0 amide bonds. The molecule has 0 saturated heterocycles. The van der Waals surface area contributed by atoms with Gasteiger partial charge in [0.25, 0.3) is 0 Å². The normalized spacial score (nSPS) is 11.3. The first kappa shape index (κ1) is 23.5. The Bertz CT molecular complexity index is 917. The number of unbranched alkanes of at least 4 members (excludes halogenated alkanes) is 4. The summed E-state index contributed by atoms with van der Waals surface area (Å²) in [6, 6.07) is 23.8. The van der Waals surface area contributed by atoms with E-state index >= 15 is 0 Å². The Kier molecular flexibility index (Phi) is 9.59. The Morgan fingerprint density at radius 3 is 1.74 bits per heavy atom. The summed E-state index contributed by atoms with van der Waals surface area (Å²) in [5.41, 5.74) is 7.23. The Morgan fingerprint density at radius 1 is 0.677 bits per heavy atom. The average molecular weight is 435 g/mol. The molecule has 1 unspecified atom stereocenters. The van der Waals surface area contributed by atoms with E-state index in [1.165, 1.54) is 55.2 Å². The lowest BCUT2D eigenvalue weighted by Gasteiger charge is -2.16. The average Bonchev–Trinajstić information content (AvgIpc) is 2.81. The van der Waals surface area contributed by atoms with Crippen molar-refractivity contribution in [3.8, 4) is 28.0 Å². The molecule has 2 nitrogen and oxygen atoms in total. The van der Waals surface area contributed by atoms with Gasteiger partial charge in [-0.3, -0.25) is 0 Å². The van der Waals surface area contributed by atoms with Gasteiger partial charge < -0.3 is 9.42 Å². The maximum Gasteiger partial charge on any atom is 0.212 e. The van der Waals surface area contributed by atoms with Crippen molar-refractivity contribution in [1.29, 1.82) is 0 Å². The number of rotatable bonds is 12. The summed E-state index contributed by atoms with van der Waals surface area (Å²) in [6.07, 6.45) is 9.77. The van der Waals surface area contributed by atoms with Gasteiger partial charge in [0.15, 0.2) is 0 Å². The van der Waals surface area contributed by atoms with Gasteiger partial charge in [-0.2, -0.15) is 0 Å². The van der Waals surface area contributed by atoms with E-state index in [4.69, 9.17) is 4.52 Å². The van der Waals surface area contributed by atoms with Crippen LogP contribution in [0.4, 0.5) is 0 Å². The van der Waals surface area contributed by atoms with E-state index in [1.54, 1.807) is 0 Å². The second-order valence-electron chi connectivity index (χ2n) is 8.18. The van der Waals surface area contributed by atoms with Crippen molar-refractivity contribution in [2.45, 2.75) is 65.2 Å². The molecule has 3 aromatic rings. The minimum Gasteiger partial charge on any atom is -0.449 e. The molecule has 0 aliphatic carbocycles. The fourth-order valence-corrected chi connectivity index (χ4v) is 4.32. The van der Waals surface area contributed by atoms with Gasteiger partial charge in [0.1, 0.15) is 5.75 Å². The third kappa shape index (κ3) is 6.66. The van der Waals surface area contributed by atoms with Crippen LogP contribution < -0.4 is 4.52 Å². The lowest BCUT2D eigenvalue weighted by atomic mass is 9.92. The van der Waals surface area contributed by atoms with Crippen molar-refractivity contribution < 1.29 is 9.42 Å². The van der Waals surface area contributed by atoms with Gasteiger partial charge in [-0.25, -0.2) is 0 Å². The monoisotopic (exact) mass is 434 g/mol. The van der Waals surface area contributed by atoms with Crippen LogP contribution in [0.25, 0.3) is 22.3 Å². The van der Waals surface area contributed by atoms with Gasteiger partial charge in [-0.1, -0.05) is 100 Å². The van der Waals surface area contributed by atoms with E-state index in [0.29, 0.717) is 0 Å². The predicted molar refractivity (Wildman–Crippen MR) is 135 cm³/mol. The van der Waals surface area contributed by atoms with Crippen LogP contribution in [0.1, 0.15) is 63.5 Å². The Labute approximate surface area is 189 Å². The third-order valence-corrected chi connectivity index (χ3v) is 6.14. The maximum absolute atomic E-state index is 9.46. The van der Waals surface area contributed by atoms with E-state index in [-0.39, 0.29) is 0 Å². The van der Waals surface area contributed by atoms with Crippen LogP contribution in [-0.4, -0.2) is 4.89 Å². The molecule has 0 bridgehead atoms. The van der Waals surface area contributed by atoms with Crippen LogP contribution in [0.3, 0.4) is 0 Å². The largest absolute Gasteiger partial charge is 0.449 e. The predicted octanol–water partition coefficient (Wildman–Crippen LogP) is 8.37. The van der Waals surface area contributed by atoms with Crippen LogP contribution in [0.5, 0.6) is 5.75 Å². The van der Waals surface area contributed by atoms with E-state index < -0.39 is 9.03 Å². The smallest absolute Gasteiger partial charge is 0.212 e. The fraction of sp³-hybridized carbons (Fsp3) is 0.357. The fourth-order valence-electron chi connectivity index (χ4n) is 4.05. The second-order valence-corrected chi connectivity index (χ2v) is 8.57. The Balaban J connectivity index is 1.90. The topological polar surface area (TPSA) is 29.5 Å². The zero-order chi connectivity index (χ0) is 21.9. The molecular weight excluding hydrogens is 399 g/mol. The molecule has 0 fully saturated rings. The summed E-state index contributed by atoms with van der Waals surface area (Å²) in [5.74, 6) is 0.726. The van der Waals surface area contributed by atoms with Gasteiger partial charge in [-0.05, 0) is 59.6 Å². The third-order valence-electron chi connectivity index (χ3n) is 5.83. The lowest BCUT2D eigenvalue weighted by molar-refractivity contribution is 0.515. The highest BCUT2D eigenvalue weighted by atomic mass is 31.1. The Morgan fingerprint density at radius 2 is 1.23 bits per heavy atom. The van der Waals surface area contributed by atoms with Crippen LogP contribution in [0.2, 0.25) is 0 Å². The summed E-state index contributed by atoms with van der Waals surface area (Å²) in [4.78, 5) is 9.46. The van der Waals surface area contributed by atoms with E-state index in [0.717, 1.165) is 35.3 Å². The second kappa shape index (κ2) is 12.6. The molecule has 0 aliphatic heterocycles. The SMILES string of the molecule is CCCCCc1ccc(-c2cccc(OPO)c2-c2ccc(CCCCC)cc2)cc1. The summed E-state index contributed by atoms with van der Waals surface area (Å²) in [6.45, 7) is 4.48. The highest BCUT2D eigenvalue weighted by molar-refractivity contribution is 7.25. The Hall–Kier alpha value is -2.15. The van der Waals surface area contributed by atoms with Crippen molar-refractivity contribution in [2.24, 2.45) is 0 Å². The quantitative estimate of drug-likeness (QED) is 0.229. The van der Waals surface area contributed by atoms with Crippen molar-refractivity contribution in [1.82, 2.24) is 0 Å². The minimum atomic E-state index is -0.575. The van der Waals surface area contributed by atoms with Crippen LogP contribution in [-0.2, 0) is 12.8 Å². The first-order chi connectivity index (χ1) is 15.3. The molecule has 164 valence electrons. The van der Waals surface area contributed by atoms with Crippen LogP contribution >= 0.6 is 9.03 Å². The van der Waals surface area contributed by atoms with E-state index in [2.05, 4.69) is 68.4 Å². The molecule has 0 radical (unpaired) electrons. The molecule has 3 heteroatoms. The van der Waals surface area contributed by atoms with Crippen molar-refractivity contribution in [3.05, 3.63) is 77.9 Å². The molecule has 1 atom stereocenters. The molecule has 0 saturated carbocycles. The summed E-state index contributed by atoms with van der Waals surface area (Å²) >= 11 is 0. The number of hydrogen-bond acceptors (Lipinski definition) is 2. The van der Waals surface area contributed by atoms with Gasteiger partial charge in [0, 0.05) is 5.56 Å². The first-order valence-corrected chi connectivity index (χ1v) is 12.5. The zero-order valence-corrected chi connectivity index (χ0v) is 19.9. The molecule has 31 heavy (non-hydrogen) atoms. The van der Waals surface area contributed by atoms with Gasteiger partial charge in [-0.15, -0.1) is 0 Å². The molecule has 3 aromatic carbocycles. The molecule has 0 aliphatic rings. The van der Waals surface area contributed by atoms with Gasteiger partial charge in [0.05, 0.1) is 0 Å². The summed E-state index contributed by atoms with van der Waals surface area (Å²) in [7, 11) is -0.575. The molecule has 3 rings (SSSR count). The maximum atomic E-state index is 9.46. The molecule has 0 aromatic heterocycles. The van der Waals surface area contributed by atoms with E-state index in [1.807, 2.05) is 12.1 Å². The molecule has 0 heterocycles. The summed E-state index contributed by atoms with van der Waals surface area (Å²) < 4.78 is 5.64. The molecule has 1 N–H and O–H groups in total. The van der Waals surface area contributed by atoms with Crippen LogP contribution in [0.15, 0.2) is 66.7 Å². The van der Waals surface area contributed by atoms with E-state index in [9.17, 15) is 4.89 Å². The van der Waals surface area contributed by atoms with Gasteiger partial charge >= 0.3 is 0 Å². The van der Waals surface area contributed by atoms with Crippen molar-refractivity contribution in [2.75, 3.05) is 0 Å². The zero-order valence-electron chi connectivity index (χ0n) is 18.9. The molecular formula is C28H35O2P. The first-order valence-electron chi connectivity index (χ1n) is 11.6. The van der Waals surface area contributed by atoms with Crippen molar-refractivity contribution >= 4 is 9.03 Å².